The van der Waals surface area contributed by atoms with Crippen molar-refractivity contribution in [2.45, 2.75) is 32.9 Å². The standard InChI is InChI=1S/C14H23N3O.ClH/c1-10-6-14(18-3)7-13(16-10)9-17-5-4-12(8-17)11(2)15;/h6-7,11-12H,4-5,8-9,15H2,1-3H3;1H. The molecule has 1 aromatic rings. The van der Waals surface area contributed by atoms with Gasteiger partial charge >= 0.3 is 0 Å². The SMILES string of the molecule is COc1cc(C)nc(CN2CCC(C(C)N)C2)c1.Cl. The second-order valence-corrected chi connectivity index (χ2v) is 5.28. The first-order chi connectivity index (χ1) is 8.58. The minimum absolute atomic E-state index is 0. The monoisotopic (exact) mass is 285 g/mol. The summed E-state index contributed by atoms with van der Waals surface area (Å²) in [4.78, 5) is 6.99. The highest BCUT2D eigenvalue weighted by Crippen LogP contribution is 2.21. The van der Waals surface area contributed by atoms with E-state index in [1.807, 2.05) is 19.1 Å². The molecule has 2 N–H and O–H groups in total. The summed E-state index contributed by atoms with van der Waals surface area (Å²) in [5.74, 6) is 1.51. The Hall–Kier alpha value is -0.840. The molecule has 0 aromatic carbocycles. The zero-order chi connectivity index (χ0) is 13.1. The van der Waals surface area contributed by atoms with Crippen LogP contribution in [-0.2, 0) is 6.54 Å². The molecule has 1 aliphatic rings. The van der Waals surface area contributed by atoms with E-state index in [9.17, 15) is 0 Å². The van der Waals surface area contributed by atoms with Crippen LogP contribution in [0, 0.1) is 12.8 Å². The van der Waals surface area contributed by atoms with Crippen molar-refractivity contribution in [1.29, 1.82) is 0 Å². The van der Waals surface area contributed by atoms with Gasteiger partial charge in [-0.2, -0.15) is 0 Å². The quantitative estimate of drug-likeness (QED) is 0.919. The number of pyridine rings is 1. The van der Waals surface area contributed by atoms with Crippen LogP contribution >= 0.6 is 12.4 Å². The third-order valence-corrected chi connectivity index (χ3v) is 3.65. The smallest absolute Gasteiger partial charge is 0.122 e. The van der Waals surface area contributed by atoms with E-state index in [1.54, 1.807) is 7.11 Å². The summed E-state index contributed by atoms with van der Waals surface area (Å²) in [6.45, 7) is 7.18. The van der Waals surface area contributed by atoms with Gasteiger partial charge in [-0.25, -0.2) is 0 Å². The van der Waals surface area contributed by atoms with Crippen LogP contribution in [0.15, 0.2) is 12.1 Å². The first-order valence-corrected chi connectivity index (χ1v) is 6.58. The van der Waals surface area contributed by atoms with Gasteiger partial charge < -0.3 is 10.5 Å². The first-order valence-electron chi connectivity index (χ1n) is 6.58. The van der Waals surface area contributed by atoms with Gasteiger partial charge in [-0.05, 0) is 32.7 Å². The van der Waals surface area contributed by atoms with Gasteiger partial charge in [-0.3, -0.25) is 9.88 Å². The number of aryl methyl sites for hydroxylation is 1. The van der Waals surface area contributed by atoms with Gasteiger partial charge in [-0.15, -0.1) is 12.4 Å². The molecule has 0 aliphatic carbocycles. The second-order valence-electron chi connectivity index (χ2n) is 5.28. The third-order valence-electron chi connectivity index (χ3n) is 3.65. The van der Waals surface area contributed by atoms with E-state index in [0.29, 0.717) is 5.92 Å². The van der Waals surface area contributed by atoms with Gasteiger partial charge in [0, 0.05) is 37.0 Å². The van der Waals surface area contributed by atoms with Crippen LogP contribution in [0.1, 0.15) is 24.7 Å². The maximum absolute atomic E-state index is 5.96. The molecule has 0 amide bonds. The Morgan fingerprint density at radius 2 is 2.26 bits per heavy atom. The lowest BCUT2D eigenvalue weighted by Crippen LogP contribution is -2.29. The second kappa shape index (κ2) is 7.08. The summed E-state index contributed by atoms with van der Waals surface area (Å²) in [5, 5.41) is 0. The topological polar surface area (TPSA) is 51.4 Å². The number of methoxy groups -OCH3 is 1. The summed E-state index contributed by atoms with van der Waals surface area (Å²) in [6.07, 6.45) is 1.20. The molecule has 2 rings (SSSR count). The molecular weight excluding hydrogens is 262 g/mol. The number of ether oxygens (including phenoxy) is 1. The molecule has 19 heavy (non-hydrogen) atoms. The van der Waals surface area contributed by atoms with E-state index >= 15 is 0 Å². The van der Waals surface area contributed by atoms with E-state index < -0.39 is 0 Å². The molecule has 0 radical (unpaired) electrons. The number of likely N-dealkylation sites (tertiary alicyclic amines) is 1. The predicted octanol–water partition coefficient (Wildman–Crippen LogP) is 1.99. The molecule has 108 valence electrons. The molecule has 0 bridgehead atoms. The van der Waals surface area contributed by atoms with Crippen LogP contribution in [0.2, 0.25) is 0 Å². The van der Waals surface area contributed by atoms with Crippen molar-refractivity contribution in [3.8, 4) is 5.75 Å². The maximum atomic E-state index is 5.96. The van der Waals surface area contributed by atoms with Crippen LogP contribution in [0.4, 0.5) is 0 Å². The lowest BCUT2D eigenvalue weighted by Gasteiger charge is -2.18. The Balaban J connectivity index is 0.00000180. The van der Waals surface area contributed by atoms with E-state index in [4.69, 9.17) is 10.5 Å². The highest BCUT2D eigenvalue weighted by Gasteiger charge is 2.25. The molecule has 2 atom stereocenters. The van der Waals surface area contributed by atoms with Crippen LogP contribution in [-0.4, -0.2) is 36.1 Å². The number of halogens is 1. The summed E-state index contributed by atoms with van der Waals surface area (Å²) in [6, 6.07) is 4.26. The molecule has 1 aromatic heterocycles. The van der Waals surface area contributed by atoms with Gasteiger partial charge in [0.1, 0.15) is 5.75 Å². The molecular formula is C14H24ClN3O. The van der Waals surface area contributed by atoms with Crippen molar-refractivity contribution in [2.75, 3.05) is 20.2 Å². The molecule has 0 spiro atoms. The third kappa shape index (κ3) is 4.34. The van der Waals surface area contributed by atoms with Crippen LogP contribution in [0.3, 0.4) is 0 Å². The molecule has 2 heterocycles. The highest BCUT2D eigenvalue weighted by atomic mass is 35.5. The number of hydrogen-bond acceptors (Lipinski definition) is 4. The van der Waals surface area contributed by atoms with Gasteiger partial charge in [0.05, 0.1) is 12.8 Å². The largest absolute Gasteiger partial charge is 0.497 e. The van der Waals surface area contributed by atoms with E-state index in [2.05, 4.69) is 16.8 Å². The minimum Gasteiger partial charge on any atom is -0.497 e. The lowest BCUT2D eigenvalue weighted by atomic mass is 10.0. The average Bonchev–Trinajstić information content (AvgIpc) is 2.76. The molecule has 5 heteroatoms. The normalized spacial score (nSPS) is 20.9. The number of hydrogen-bond donors (Lipinski definition) is 1. The summed E-state index contributed by atoms with van der Waals surface area (Å²) < 4.78 is 5.28. The number of rotatable bonds is 4. The van der Waals surface area contributed by atoms with Crippen molar-refractivity contribution >= 4 is 12.4 Å². The lowest BCUT2D eigenvalue weighted by molar-refractivity contribution is 0.304. The molecule has 0 saturated carbocycles. The molecule has 2 unspecified atom stereocenters. The predicted molar refractivity (Wildman–Crippen MR) is 79.8 cm³/mol. The van der Waals surface area contributed by atoms with Gasteiger partial charge in [0.25, 0.3) is 0 Å². The van der Waals surface area contributed by atoms with Crippen molar-refractivity contribution in [3.05, 3.63) is 23.5 Å². The van der Waals surface area contributed by atoms with Crippen LogP contribution in [0.5, 0.6) is 5.75 Å². The van der Waals surface area contributed by atoms with Crippen molar-refractivity contribution in [1.82, 2.24) is 9.88 Å². The fourth-order valence-electron chi connectivity index (χ4n) is 2.57. The van der Waals surface area contributed by atoms with Crippen LogP contribution < -0.4 is 10.5 Å². The van der Waals surface area contributed by atoms with Gasteiger partial charge in [0.15, 0.2) is 0 Å². The Labute approximate surface area is 121 Å². The minimum atomic E-state index is 0. The Bertz CT molecular complexity index is 412. The summed E-state index contributed by atoms with van der Waals surface area (Å²) in [5.41, 5.74) is 8.05. The molecule has 1 aliphatic heterocycles. The van der Waals surface area contributed by atoms with Gasteiger partial charge in [0.2, 0.25) is 0 Å². The van der Waals surface area contributed by atoms with Crippen molar-refractivity contribution < 1.29 is 4.74 Å². The van der Waals surface area contributed by atoms with E-state index in [1.165, 1.54) is 6.42 Å². The zero-order valence-corrected chi connectivity index (χ0v) is 12.7. The highest BCUT2D eigenvalue weighted by molar-refractivity contribution is 5.85. The Kier molecular flexibility index (Phi) is 6.04. The zero-order valence-electron chi connectivity index (χ0n) is 11.9. The van der Waals surface area contributed by atoms with Crippen LogP contribution in [0.25, 0.3) is 0 Å². The Morgan fingerprint density at radius 3 is 2.84 bits per heavy atom. The van der Waals surface area contributed by atoms with Crippen molar-refractivity contribution in [2.24, 2.45) is 11.7 Å². The van der Waals surface area contributed by atoms with E-state index in [-0.39, 0.29) is 18.4 Å². The number of nitrogens with two attached hydrogens (primary N) is 1. The van der Waals surface area contributed by atoms with Crippen molar-refractivity contribution in [3.63, 3.8) is 0 Å². The Morgan fingerprint density at radius 1 is 1.53 bits per heavy atom. The number of aromatic nitrogens is 1. The summed E-state index contributed by atoms with van der Waals surface area (Å²) >= 11 is 0. The van der Waals surface area contributed by atoms with E-state index in [0.717, 1.165) is 36.8 Å². The molecule has 1 saturated heterocycles. The average molecular weight is 286 g/mol. The fraction of sp³-hybridized carbons (Fsp3) is 0.643. The molecule has 1 fully saturated rings. The fourth-order valence-corrected chi connectivity index (χ4v) is 2.57. The van der Waals surface area contributed by atoms with Gasteiger partial charge in [-0.1, -0.05) is 0 Å². The maximum Gasteiger partial charge on any atom is 0.122 e. The summed E-state index contributed by atoms with van der Waals surface area (Å²) in [7, 11) is 1.69. The number of nitrogens with zero attached hydrogens (tertiary/aromatic N) is 2. The molecule has 4 nitrogen and oxygen atoms in total. The first kappa shape index (κ1) is 16.2.